The number of aromatic amines is 1. The van der Waals surface area contributed by atoms with Crippen molar-refractivity contribution in [2.75, 3.05) is 39.8 Å². The lowest BCUT2D eigenvalue weighted by Crippen LogP contribution is -2.49. The second kappa shape index (κ2) is 7.03. The minimum Gasteiger partial charge on any atom is -0.469 e. The molecule has 2 heterocycles. The van der Waals surface area contributed by atoms with Crippen LogP contribution in [0.15, 0.2) is 23.1 Å². The van der Waals surface area contributed by atoms with E-state index in [1.54, 1.807) is 11.0 Å². The molecule has 21 heavy (non-hydrogen) atoms. The zero-order chi connectivity index (χ0) is 15.2. The van der Waals surface area contributed by atoms with Crippen LogP contribution in [0.25, 0.3) is 0 Å². The summed E-state index contributed by atoms with van der Waals surface area (Å²) in [5.41, 5.74) is 0.124. The summed E-state index contributed by atoms with van der Waals surface area (Å²) in [5, 5.41) is 0. The van der Waals surface area contributed by atoms with Crippen molar-refractivity contribution in [3.63, 3.8) is 0 Å². The molecule has 1 fully saturated rings. The minimum absolute atomic E-state index is 0.131. The van der Waals surface area contributed by atoms with Crippen molar-refractivity contribution in [1.29, 1.82) is 0 Å². The third-order valence-corrected chi connectivity index (χ3v) is 3.54. The van der Waals surface area contributed by atoms with Gasteiger partial charge in [0.05, 0.1) is 13.5 Å². The zero-order valence-corrected chi connectivity index (χ0v) is 12.0. The number of ether oxygens (including phenoxy) is 1. The Labute approximate surface area is 122 Å². The van der Waals surface area contributed by atoms with Gasteiger partial charge in [-0.25, -0.2) is 0 Å². The Balaban J connectivity index is 1.85. The maximum Gasteiger partial charge on any atom is 0.306 e. The molecule has 0 radical (unpaired) electrons. The first-order valence-electron chi connectivity index (χ1n) is 6.87. The third-order valence-electron chi connectivity index (χ3n) is 3.54. The fourth-order valence-electron chi connectivity index (χ4n) is 2.29. The lowest BCUT2D eigenvalue weighted by molar-refractivity contribution is -0.141. The van der Waals surface area contributed by atoms with Gasteiger partial charge in [0.2, 0.25) is 5.56 Å². The van der Waals surface area contributed by atoms with Gasteiger partial charge in [-0.1, -0.05) is 0 Å². The van der Waals surface area contributed by atoms with E-state index in [1.165, 1.54) is 19.4 Å². The summed E-state index contributed by atoms with van der Waals surface area (Å²) in [6, 6.07) is 2.92. The van der Waals surface area contributed by atoms with E-state index in [4.69, 9.17) is 0 Å². The Morgan fingerprint density at radius 3 is 2.62 bits per heavy atom. The smallest absolute Gasteiger partial charge is 0.306 e. The molecule has 2 rings (SSSR count). The fraction of sp³-hybridized carbons (Fsp3) is 0.500. The van der Waals surface area contributed by atoms with Crippen molar-refractivity contribution >= 4 is 11.9 Å². The minimum atomic E-state index is -0.280. The maximum absolute atomic E-state index is 12.3. The van der Waals surface area contributed by atoms with E-state index in [0.717, 1.165) is 0 Å². The van der Waals surface area contributed by atoms with Crippen molar-refractivity contribution in [3.8, 4) is 0 Å². The molecule has 7 nitrogen and oxygen atoms in total. The Kier molecular flexibility index (Phi) is 5.10. The van der Waals surface area contributed by atoms with Crippen molar-refractivity contribution in [3.05, 3.63) is 34.2 Å². The standard InChI is InChI=1S/C14H19N3O4/c1-21-13(19)3-5-16-6-8-17(9-7-16)14(20)11-2-4-15-12(18)10-11/h2,4,10H,3,5-9H2,1H3,(H,15,18). The number of aromatic nitrogens is 1. The quantitative estimate of drug-likeness (QED) is 0.770. The van der Waals surface area contributed by atoms with Gasteiger partial charge in [0.15, 0.2) is 0 Å². The molecular weight excluding hydrogens is 274 g/mol. The number of amides is 1. The number of carbonyl (C=O) groups is 2. The molecule has 0 atom stereocenters. The van der Waals surface area contributed by atoms with Gasteiger partial charge in [-0.05, 0) is 6.07 Å². The molecule has 0 aliphatic carbocycles. The van der Waals surface area contributed by atoms with E-state index in [1.807, 2.05) is 0 Å². The van der Waals surface area contributed by atoms with Crippen LogP contribution in [0, 0.1) is 0 Å². The number of hydrogen-bond acceptors (Lipinski definition) is 5. The molecule has 1 amide bonds. The Hall–Kier alpha value is -2.15. The highest BCUT2D eigenvalue weighted by Crippen LogP contribution is 2.07. The zero-order valence-electron chi connectivity index (χ0n) is 12.0. The molecule has 0 spiro atoms. The SMILES string of the molecule is COC(=O)CCN1CCN(C(=O)c2cc[nH]c(=O)c2)CC1. The predicted molar refractivity (Wildman–Crippen MR) is 76.0 cm³/mol. The van der Waals surface area contributed by atoms with Crippen molar-refractivity contribution in [1.82, 2.24) is 14.8 Å². The molecule has 1 aliphatic heterocycles. The first-order chi connectivity index (χ1) is 10.1. The van der Waals surface area contributed by atoms with Gasteiger partial charge < -0.3 is 14.6 Å². The normalized spacial score (nSPS) is 15.8. The van der Waals surface area contributed by atoms with E-state index in [-0.39, 0.29) is 17.4 Å². The number of pyridine rings is 1. The van der Waals surface area contributed by atoms with E-state index in [0.29, 0.717) is 44.7 Å². The molecule has 0 bridgehead atoms. The number of methoxy groups -OCH3 is 1. The van der Waals surface area contributed by atoms with Gasteiger partial charge in [0.1, 0.15) is 0 Å². The van der Waals surface area contributed by atoms with E-state index in [2.05, 4.69) is 14.6 Å². The van der Waals surface area contributed by atoms with E-state index >= 15 is 0 Å². The summed E-state index contributed by atoms with van der Waals surface area (Å²) in [7, 11) is 1.38. The fourth-order valence-corrected chi connectivity index (χ4v) is 2.29. The van der Waals surface area contributed by atoms with Crippen LogP contribution in [-0.2, 0) is 9.53 Å². The van der Waals surface area contributed by atoms with Gasteiger partial charge in [-0.3, -0.25) is 19.3 Å². The first kappa shape index (κ1) is 15.2. The number of piperazine rings is 1. The summed E-state index contributed by atoms with van der Waals surface area (Å²) in [6.45, 7) is 3.25. The number of hydrogen-bond donors (Lipinski definition) is 1. The average molecular weight is 293 g/mol. The third kappa shape index (κ3) is 4.16. The summed E-state index contributed by atoms with van der Waals surface area (Å²) < 4.78 is 4.61. The molecular formula is C14H19N3O4. The van der Waals surface area contributed by atoms with Crippen LogP contribution in [0.2, 0.25) is 0 Å². The summed E-state index contributed by atoms with van der Waals surface area (Å²) in [4.78, 5) is 40.9. The number of nitrogens with one attached hydrogen (secondary N) is 1. The second-order valence-corrected chi connectivity index (χ2v) is 4.90. The Morgan fingerprint density at radius 1 is 1.29 bits per heavy atom. The van der Waals surface area contributed by atoms with Crippen molar-refractivity contribution in [2.24, 2.45) is 0 Å². The molecule has 0 unspecified atom stereocenters. The summed E-state index contributed by atoms with van der Waals surface area (Å²) in [6.07, 6.45) is 1.83. The molecule has 114 valence electrons. The average Bonchev–Trinajstić information content (AvgIpc) is 2.52. The second-order valence-electron chi connectivity index (χ2n) is 4.90. The lowest BCUT2D eigenvalue weighted by atomic mass is 10.2. The largest absolute Gasteiger partial charge is 0.469 e. The maximum atomic E-state index is 12.3. The van der Waals surface area contributed by atoms with E-state index in [9.17, 15) is 14.4 Å². The molecule has 1 aromatic rings. The molecule has 0 aromatic carbocycles. The van der Waals surface area contributed by atoms with Gasteiger partial charge in [-0.2, -0.15) is 0 Å². The number of carbonyl (C=O) groups excluding carboxylic acids is 2. The lowest BCUT2D eigenvalue weighted by Gasteiger charge is -2.34. The van der Waals surface area contributed by atoms with Gasteiger partial charge in [0.25, 0.3) is 5.91 Å². The van der Waals surface area contributed by atoms with Crippen LogP contribution in [0.3, 0.4) is 0 Å². The van der Waals surface area contributed by atoms with Gasteiger partial charge in [0, 0.05) is 50.6 Å². The number of H-pyrrole nitrogens is 1. The monoisotopic (exact) mass is 293 g/mol. The van der Waals surface area contributed by atoms with Crippen LogP contribution in [0.5, 0.6) is 0 Å². The predicted octanol–water partition coefficient (Wildman–Crippen LogP) is -0.304. The van der Waals surface area contributed by atoms with Gasteiger partial charge in [-0.15, -0.1) is 0 Å². The van der Waals surface area contributed by atoms with Gasteiger partial charge >= 0.3 is 5.97 Å². The van der Waals surface area contributed by atoms with Crippen molar-refractivity contribution in [2.45, 2.75) is 6.42 Å². The summed E-state index contributed by atoms with van der Waals surface area (Å²) >= 11 is 0. The molecule has 1 saturated heterocycles. The Bertz CT molecular complexity index is 561. The number of esters is 1. The summed E-state index contributed by atoms with van der Waals surface area (Å²) in [5.74, 6) is -0.356. The topological polar surface area (TPSA) is 82.7 Å². The van der Waals surface area contributed by atoms with Crippen LogP contribution in [-0.4, -0.2) is 66.5 Å². The van der Waals surface area contributed by atoms with Crippen molar-refractivity contribution < 1.29 is 14.3 Å². The molecule has 1 aliphatic rings. The number of nitrogens with zero attached hydrogens (tertiary/aromatic N) is 2. The van der Waals surface area contributed by atoms with Crippen LogP contribution < -0.4 is 5.56 Å². The molecule has 1 aromatic heterocycles. The van der Waals surface area contributed by atoms with E-state index < -0.39 is 0 Å². The Morgan fingerprint density at radius 2 is 2.00 bits per heavy atom. The highest BCUT2D eigenvalue weighted by Gasteiger charge is 2.22. The highest BCUT2D eigenvalue weighted by atomic mass is 16.5. The van der Waals surface area contributed by atoms with Crippen LogP contribution in [0.1, 0.15) is 16.8 Å². The van der Waals surface area contributed by atoms with Crippen LogP contribution >= 0.6 is 0 Å². The number of rotatable bonds is 4. The molecule has 7 heteroatoms. The highest BCUT2D eigenvalue weighted by molar-refractivity contribution is 5.94. The molecule has 0 saturated carbocycles. The molecule has 1 N–H and O–H groups in total. The first-order valence-corrected chi connectivity index (χ1v) is 6.87. The van der Waals surface area contributed by atoms with Crippen LogP contribution in [0.4, 0.5) is 0 Å².